The summed E-state index contributed by atoms with van der Waals surface area (Å²) in [5.41, 5.74) is 4.52. The summed E-state index contributed by atoms with van der Waals surface area (Å²) in [7, 11) is 0. The zero-order chi connectivity index (χ0) is 20.6. The number of carboxylic acids is 1. The van der Waals surface area contributed by atoms with Crippen molar-refractivity contribution in [1.29, 1.82) is 0 Å². The topological polar surface area (TPSA) is 94.0 Å². The molecule has 1 atom stereocenters. The second kappa shape index (κ2) is 7.24. The molecular formula is C22H24N4O3. The van der Waals surface area contributed by atoms with E-state index >= 15 is 0 Å². The Morgan fingerprint density at radius 3 is 2.72 bits per heavy atom. The van der Waals surface area contributed by atoms with Gasteiger partial charge in [-0.2, -0.15) is 0 Å². The van der Waals surface area contributed by atoms with Gasteiger partial charge in [0.15, 0.2) is 0 Å². The molecule has 0 aromatic heterocycles. The van der Waals surface area contributed by atoms with Crippen LogP contribution in [0.5, 0.6) is 0 Å². The fourth-order valence-corrected chi connectivity index (χ4v) is 3.89. The van der Waals surface area contributed by atoms with E-state index in [1.165, 1.54) is 0 Å². The molecule has 0 aliphatic carbocycles. The van der Waals surface area contributed by atoms with Crippen molar-refractivity contribution >= 4 is 29.7 Å². The first kappa shape index (κ1) is 19.0. The summed E-state index contributed by atoms with van der Waals surface area (Å²) in [6.07, 6.45) is 2.30. The number of carbonyl (C=O) groups is 2. The van der Waals surface area contributed by atoms with E-state index < -0.39 is 5.97 Å². The highest BCUT2D eigenvalue weighted by atomic mass is 16.4. The number of urea groups is 1. The molecule has 29 heavy (non-hydrogen) atoms. The number of carboxylic acid groups (broad SMARTS) is 1. The molecule has 150 valence electrons. The molecule has 1 unspecified atom stereocenters. The van der Waals surface area contributed by atoms with Crippen molar-refractivity contribution in [2.75, 3.05) is 16.8 Å². The van der Waals surface area contributed by atoms with Gasteiger partial charge >= 0.3 is 12.0 Å². The predicted octanol–water partition coefficient (Wildman–Crippen LogP) is 3.66. The molecule has 2 heterocycles. The lowest BCUT2D eigenvalue weighted by molar-refractivity contribution is -0.136. The van der Waals surface area contributed by atoms with Gasteiger partial charge in [-0.25, -0.2) is 4.79 Å². The molecule has 1 fully saturated rings. The quantitative estimate of drug-likeness (QED) is 0.724. The molecule has 7 heteroatoms. The lowest BCUT2D eigenvalue weighted by Gasteiger charge is -2.30. The van der Waals surface area contributed by atoms with Gasteiger partial charge in [0.1, 0.15) is 0 Å². The molecule has 4 rings (SSSR count). The van der Waals surface area contributed by atoms with Crippen molar-refractivity contribution in [3.8, 4) is 0 Å². The maximum absolute atomic E-state index is 12.6. The summed E-state index contributed by atoms with van der Waals surface area (Å²) in [4.78, 5) is 29.6. The smallest absolute Gasteiger partial charge is 0.322 e. The summed E-state index contributed by atoms with van der Waals surface area (Å²) in [6, 6.07) is 13.5. The highest BCUT2D eigenvalue weighted by molar-refractivity contribution is 5.96. The monoisotopic (exact) mass is 392 g/mol. The molecule has 2 amide bonds. The molecular weight excluding hydrogens is 368 g/mol. The second-order valence-electron chi connectivity index (χ2n) is 7.90. The van der Waals surface area contributed by atoms with Crippen LogP contribution in [0.2, 0.25) is 0 Å². The van der Waals surface area contributed by atoms with Crippen LogP contribution in [0, 0.1) is 0 Å². The number of aliphatic imine (C=N–C) groups is 1. The minimum absolute atomic E-state index is 0.108. The average Bonchev–Trinajstić information content (AvgIpc) is 3.07. The van der Waals surface area contributed by atoms with Crippen molar-refractivity contribution in [1.82, 2.24) is 5.32 Å². The molecule has 7 nitrogen and oxygen atoms in total. The van der Waals surface area contributed by atoms with Gasteiger partial charge in [-0.3, -0.25) is 14.7 Å². The summed E-state index contributed by atoms with van der Waals surface area (Å²) in [5, 5.41) is 15.0. The summed E-state index contributed by atoms with van der Waals surface area (Å²) in [6.45, 7) is 4.63. The fourth-order valence-electron chi connectivity index (χ4n) is 3.89. The zero-order valence-electron chi connectivity index (χ0n) is 16.5. The second-order valence-corrected chi connectivity index (χ2v) is 7.90. The molecule has 2 aromatic carbocycles. The normalized spacial score (nSPS) is 19.4. The first-order chi connectivity index (χ1) is 13.8. The predicted molar refractivity (Wildman–Crippen MR) is 113 cm³/mol. The first-order valence-corrected chi connectivity index (χ1v) is 9.67. The molecule has 2 aromatic rings. The molecule has 3 N–H and O–H groups in total. The number of benzene rings is 2. The number of nitrogens with zero attached hydrogens (tertiary/aromatic N) is 2. The van der Waals surface area contributed by atoms with Crippen molar-refractivity contribution in [3.05, 3.63) is 59.2 Å². The third kappa shape index (κ3) is 3.68. The van der Waals surface area contributed by atoms with Crippen LogP contribution in [0.4, 0.5) is 16.2 Å². The summed E-state index contributed by atoms with van der Waals surface area (Å²) >= 11 is 0. The van der Waals surface area contributed by atoms with Crippen LogP contribution >= 0.6 is 0 Å². The van der Waals surface area contributed by atoms with Gasteiger partial charge in [0.05, 0.1) is 17.9 Å². The van der Waals surface area contributed by atoms with Crippen LogP contribution in [0.25, 0.3) is 0 Å². The largest absolute Gasteiger partial charge is 0.481 e. The number of hydrogen-bond acceptors (Lipinski definition) is 4. The number of rotatable bonds is 5. The molecule has 2 aliphatic heterocycles. The number of nitrogens with one attached hydrogen (secondary N) is 2. The number of carbonyl (C=O) groups excluding carboxylic acids is 1. The van der Waals surface area contributed by atoms with Crippen molar-refractivity contribution in [2.24, 2.45) is 4.99 Å². The fraction of sp³-hybridized carbons (Fsp3) is 0.318. The van der Waals surface area contributed by atoms with Gasteiger partial charge in [-0.15, -0.1) is 0 Å². The van der Waals surface area contributed by atoms with E-state index in [1.807, 2.05) is 42.5 Å². The Morgan fingerprint density at radius 1 is 1.24 bits per heavy atom. The molecule has 0 radical (unpaired) electrons. The van der Waals surface area contributed by atoms with E-state index in [2.05, 4.69) is 29.5 Å². The Morgan fingerprint density at radius 2 is 2.00 bits per heavy atom. The third-order valence-corrected chi connectivity index (χ3v) is 5.52. The Kier molecular flexibility index (Phi) is 4.74. The number of anilines is 2. The standard InChI is InChI=1S/C22H24N4O3/c1-22(2)17-9-8-16(11-18(17)24-13-25-22)26-19(12-23-21(26)29)15-6-3-14(4-7-15)5-10-20(27)28/h3-4,6-9,11,13,19H,5,10,12H2,1-2H3,(H,23,29)(H,24,25)(H,27,28). The minimum Gasteiger partial charge on any atom is -0.481 e. The Hall–Kier alpha value is -3.35. The van der Waals surface area contributed by atoms with Crippen LogP contribution in [0.1, 0.15) is 43.0 Å². The van der Waals surface area contributed by atoms with E-state index in [0.717, 1.165) is 28.1 Å². The van der Waals surface area contributed by atoms with Gasteiger partial charge in [0, 0.05) is 29.9 Å². The Labute approximate surface area is 169 Å². The van der Waals surface area contributed by atoms with Crippen molar-refractivity contribution in [3.63, 3.8) is 0 Å². The average molecular weight is 392 g/mol. The maximum atomic E-state index is 12.6. The number of amides is 2. The molecule has 1 saturated heterocycles. The Bertz CT molecular complexity index is 982. The zero-order valence-corrected chi connectivity index (χ0v) is 16.5. The first-order valence-electron chi connectivity index (χ1n) is 9.67. The van der Waals surface area contributed by atoms with E-state index in [1.54, 1.807) is 11.2 Å². The van der Waals surface area contributed by atoms with Gasteiger partial charge in [-0.1, -0.05) is 30.3 Å². The van der Waals surface area contributed by atoms with Crippen LogP contribution in [0.15, 0.2) is 47.5 Å². The number of fused-ring (bicyclic) bond motifs is 1. The van der Waals surface area contributed by atoms with Crippen LogP contribution < -0.4 is 15.5 Å². The molecule has 0 spiro atoms. The van der Waals surface area contributed by atoms with E-state index in [4.69, 9.17) is 5.11 Å². The van der Waals surface area contributed by atoms with Gasteiger partial charge < -0.3 is 15.7 Å². The van der Waals surface area contributed by atoms with E-state index in [-0.39, 0.29) is 24.0 Å². The SMILES string of the molecule is CC1(C)N=CNc2cc(N3C(=O)NCC3c3ccc(CCC(=O)O)cc3)ccc21. The number of aliphatic carboxylic acids is 1. The van der Waals surface area contributed by atoms with Crippen LogP contribution in [-0.4, -0.2) is 30.0 Å². The lowest BCUT2D eigenvalue weighted by atomic mass is 9.91. The Balaban J connectivity index is 1.60. The van der Waals surface area contributed by atoms with Gasteiger partial charge in [0.25, 0.3) is 0 Å². The maximum Gasteiger partial charge on any atom is 0.322 e. The van der Waals surface area contributed by atoms with Gasteiger partial charge in [-0.05, 0) is 43.5 Å². The molecule has 0 bridgehead atoms. The highest BCUT2D eigenvalue weighted by Gasteiger charge is 2.34. The number of hydrogen-bond donors (Lipinski definition) is 3. The highest BCUT2D eigenvalue weighted by Crippen LogP contribution is 2.38. The summed E-state index contributed by atoms with van der Waals surface area (Å²) < 4.78 is 0. The molecule has 2 aliphatic rings. The lowest BCUT2D eigenvalue weighted by Crippen LogP contribution is -2.30. The molecule has 0 saturated carbocycles. The van der Waals surface area contributed by atoms with Crippen LogP contribution in [0.3, 0.4) is 0 Å². The van der Waals surface area contributed by atoms with Crippen molar-refractivity contribution in [2.45, 2.75) is 38.3 Å². The van der Waals surface area contributed by atoms with E-state index in [9.17, 15) is 9.59 Å². The van der Waals surface area contributed by atoms with Gasteiger partial charge in [0.2, 0.25) is 0 Å². The van der Waals surface area contributed by atoms with E-state index in [0.29, 0.717) is 13.0 Å². The third-order valence-electron chi connectivity index (χ3n) is 5.52. The van der Waals surface area contributed by atoms with Crippen LogP contribution in [-0.2, 0) is 16.8 Å². The summed E-state index contributed by atoms with van der Waals surface area (Å²) in [5.74, 6) is -0.805. The number of aryl methyl sites for hydroxylation is 1. The minimum atomic E-state index is -0.805. The van der Waals surface area contributed by atoms with Crippen molar-refractivity contribution < 1.29 is 14.7 Å².